The van der Waals surface area contributed by atoms with E-state index in [1.165, 1.54) is 19.9 Å². The number of hydrogen-bond acceptors (Lipinski definition) is 7. The molecule has 1 aliphatic carbocycles. The maximum Gasteiger partial charge on any atom is 0.194 e. The predicted molar refractivity (Wildman–Crippen MR) is 138 cm³/mol. The van der Waals surface area contributed by atoms with E-state index in [9.17, 15) is 24.6 Å². The highest BCUT2D eigenvalue weighted by Gasteiger charge is 2.56. The normalized spacial score (nSPS) is 19.9. The Hall–Kier alpha value is -4.33. The first-order valence-electron chi connectivity index (χ1n) is 12.1. The van der Waals surface area contributed by atoms with Crippen molar-refractivity contribution in [2.24, 2.45) is 0 Å². The van der Waals surface area contributed by atoms with Crippen molar-refractivity contribution in [1.82, 2.24) is 9.88 Å². The van der Waals surface area contributed by atoms with Crippen LogP contribution in [0.15, 0.2) is 53.4 Å². The van der Waals surface area contributed by atoms with Crippen LogP contribution >= 0.6 is 0 Å². The van der Waals surface area contributed by atoms with Gasteiger partial charge in [0, 0.05) is 41.6 Å². The largest absolute Gasteiger partial charge is 0.507 e. The van der Waals surface area contributed by atoms with Crippen LogP contribution in [0.2, 0.25) is 0 Å². The van der Waals surface area contributed by atoms with Crippen LogP contribution in [-0.4, -0.2) is 38.7 Å². The third kappa shape index (κ3) is 3.39. The van der Waals surface area contributed by atoms with Crippen molar-refractivity contribution < 1.29 is 29.3 Å². The molecule has 0 saturated heterocycles. The van der Waals surface area contributed by atoms with E-state index in [1.54, 1.807) is 13.8 Å². The summed E-state index contributed by atoms with van der Waals surface area (Å²) in [6.45, 7) is 9.08. The first-order chi connectivity index (χ1) is 17.5. The van der Waals surface area contributed by atoms with E-state index in [2.05, 4.69) is 22.0 Å². The Labute approximate surface area is 213 Å². The van der Waals surface area contributed by atoms with Crippen molar-refractivity contribution >= 4 is 28.3 Å². The molecule has 8 nitrogen and oxygen atoms in total. The number of allylic oxidation sites excluding steroid dienone is 4. The summed E-state index contributed by atoms with van der Waals surface area (Å²) in [4.78, 5) is 39.3. The minimum Gasteiger partial charge on any atom is -0.507 e. The zero-order valence-corrected chi connectivity index (χ0v) is 21.4. The molecule has 3 aromatic rings. The number of carbonyl (C=O) groups is 3. The summed E-state index contributed by atoms with van der Waals surface area (Å²) in [5.41, 5.74) is 1.08. The van der Waals surface area contributed by atoms with E-state index in [0.717, 1.165) is 16.6 Å². The third-order valence-corrected chi connectivity index (χ3v) is 7.50. The number of rotatable bonds is 5. The Balaban J connectivity index is 1.51. The van der Waals surface area contributed by atoms with Crippen LogP contribution in [0.5, 0.6) is 17.2 Å². The number of aromatic nitrogens is 1. The fourth-order valence-corrected chi connectivity index (χ4v) is 5.45. The van der Waals surface area contributed by atoms with Crippen molar-refractivity contribution in [2.45, 2.75) is 46.6 Å². The zero-order chi connectivity index (χ0) is 26.8. The standard InChI is InChI=1S/C29H28N2O6/c1-14-12-18-8-6-7-9-19(18)31(14)11-10-30-16(3)22-20(33)13-21-29(5,28(22)36)24-26(35)15(2)25(34)23(17(4)32)27(24)37-21/h6-9,12-13,30,34-35H,10-11H2,1-5H3. The molecule has 2 aliphatic rings. The first-order valence-corrected chi connectivity index (χ1v) is 12.1. The second-order valence-corrected chi connectivity index (χ2v) is 9.81. The summed E-state index contributed by atoms with van der Waals surface area (Å²) < 4.78 is 7.98. The monoisotopic (exact) mass is 500 g/mol. The molecule has 1 aromatic heterocycles. The lowest BCUT2D eigenvalue weighted by molar-refractivity contribution is -0.123. The first kappa shape index (κ1) is 24.4. The smallest absolute Gasteiger partial charge is 0.194 e. The summed E-state index contributed by atoms with van der Waals surface area (Å²) in [7, 11) is 0. The highest BCUT2D eigenvalue weighted by Crippen LogP contribution is 2.57. The number of phenolic OH excluding ortho intramolecular Hbond substituents is 2. The van der Waals surface area contributed by atoms with Gasteiger partial charge in [0.2, 0.25) is 0 Å². The van der Waals surface area contributed by atoms with Crippen molar-refractivity contribution in [3.05, 3.63) is 75.8 Å². The van der Waals surface area contributed by atoms with Crippen molar-refractivity contribution in [3.8, 4) is 17.2 Å². The molecular formula is C29H28N2O6. The number of nitrogens with zero attached hydrogens (tertiary/aromatic N) is 1. The third-order valence-electron chi connectivity index (χ3n) is 7.50. The lowest BCUT2D eigenvalue weighted by Gasteiger charge is -2.29. The number of Topliss-reactive ketones (excluding diaryl/α,β-unsaturated/α-hetero) is 2. The Bertz CT molecular complexity index is 1610. The minimum absolute atomic E-state index is 0.0197. The lowest BCUT2D eigenvalue weighted by atomic mass is 9.70. The SMILES string of the molecule is CC(=O)c1c(O)c(C)c(O)c2c1OC1=CC(=O)C(=C(C)NCCn3c(C)cc4ccccc43)C(=O)C12C. The van der Waals surface area contributed by atoms with Gasteiger partial charge < -0.3 is 24.8 Å². The second kappa shape index (κ2) is 8.37. The minimum atomic E-state index is -1.53. The van der Waals surface area contributed by atoms with E-state index < -0.39 is 28.5 Å². The summed E-state index contributed by atoms with van der Waals surface area (Å²) in [6, 6.07) is 10.2. The van der Waals surface area contributed by atoms with Gasteiger partial charge in [-0.1, -0.05) is 18.2 Å². The number of ether oxygens (including phenoxy) is 1. The van der Waals surface area contributed by atoms with Crippen LogP contribution in [0.25, 0.3) is 10.9 Å². The average Bonchev–Trinajstić information content (AvgIpc) is 3.31. The number of para-hydroxylation sites is 1. The van der Waals surface area contributed by atoms with Crippen molar-refractivity contribution in [1.29, 1.82) is 0 Å². The maximum atomic E-state index is 13.9. The average molecular weight is 501 g/mol. The number of phenols is 2. The van der Waals surface area contributed by atoms with E-state index in [0.29, 0.717) is 18.8 Å². The molecule has 0 fully saturated rings. The number of carbonyl (C=O) groups excluding carboxylic acids is 3. The van der Waals surface area contributed by atoms with Crippen LogP contribution < -0.4 is 10.1 Å². The van der Waals surface area contributed by atoms with E-state index in [4.69, 9.17) is 4.74 Å². The fraction of sp³-hybridized carbons (Fsp3) is 0.276. The number of benzene rings is 2. The van der Waals surface area contributed by atoms with Crippen molar-refractivity contribution in [3.63, 3.8) is 0 Å². The second-order valence-electron chi connectivity index (χ2n) is 9.81. The zero-order valence-electron chi connectivity index (χ0n) is 21.4. The maximum absolute atomic E-state index is 13.9. The van der Waals surface area contributed by atoms with E-state index >= 15 is 0 Å². The van der Waals surface area contributed by atoms with Crippen LogP contribution in [0.3, 0.4) is 0 Å². The van der Waals surface area contributed by atoms with E-state index in [-0.39, 0.29) is 39.5 Å². The Morgan fingerprint density at radius 1 is 1.11 bits per heavy atom. The highest BCUT2D eigenvalue weighted by molar-refractivity contribution is 6.31. The molecule has 2 heterocycles. The molecule has 2 aromatic carbocycles. The molecule has 0 saturated carbocycles. The van der Waals surface area contributed by atoms with Crippen LogP contribution in [0.4, 0.5) is 0 Å². The Morgan fingerprint density at radius 3 is 2.51 bits per heavy atom. The van der Waals surface area contributed by atoms with Crippen molar-refractivity contribution in [2.75, 3.05) is 6.54 Å². The number of hydrogen-bond donors (Lipinski definition) is 3. The number of ketones is 3. The van der Waals surface area contributed by atoms with E-state index in [1.807, 2.05) is 25.1 Å². The number of aromatic hydroxyl groups is 2. The molecule has 37 heavy (non-hydrogen) atoms. The summed E-state index contributed by atoms with van der Waals surface area (Å²) in [5, 5.41) is 25.8. The molecule has 1 atom stereocenters. The molecule has 3 N–H and O–H groups in total. The fourth-order valence-electron chi connectivity index (χ4n) is 5.45. The molecule has 0 radical (unpaired) electrons. The van der Waals surface area contributed by atoms with Gasteiger partial charge in [-0.3, -0.25) is 14.4 Å². The van der Waals surface area contributed by atoms with Gasteiger partial charge in [-0.15, -0.1) is 0 Å². The van der Waals surface area contributed by atoms with Crippen LogP contribution in [-0.2, 0) is 21.5 Å². The van der Waals surface area contributed by atoms with Gasteiger partial charge in [0.15, 0.2) is 17.3 Å². The molecule has 190 valence electrons. The highest BCUT2D eigenvalue weighted by atomic mass is 16.5. The molecule has 0 amide bonds. The molecule has 0 bridgehead atoms. The van der Waals surface area contributed by atoms with Gasteiger partial charge in [0.05, 0.1) is 11.1 Å². The Morgan fingerprint density at radius 2 is 1.81 bits per heavy atom. The molecule has 1 unspecified atom stereocenters. The Kier molecular flexibility index (Phi) is 5.51. The lowest BCUT2D eigenvalue weighted by Crippen LogP contribution is -2.41. The molecule has 1 aliphatic heterocycles. The number of fused-ring (bicyclic) bond motifs is 4. The summed E-state index contributed by atoms with van der Waals surface area (Å²) in [5.74, 6) is -2.38. The summed E-state index contributed by atoms with van der Waals surface area (Å²) in [6.07, 6.45) is 1.22. The van der Waals surface area contributed by atoms with Crippen LogP contribution in [0, 0.1) is 13.8 Å². The number of aryl methyl sites for hydroxylation is 1. The molecular weight excluding hydrogens is 472 g/mol. The van der Waals surface area contributed by atoms with Gasteiger partial charge in [0.1, 0.15) is 34.0 Å². The molecule has 5 rings (SSSR count). The van der Waals surface area contributed by atoms with Gasteiger partial charge in [0.25, 0.3) is 0 Å². The van der Waals surface area contributed by atoms with Gasteiger partial charge in [-0.05, 0) is 52.1 Å². The van der Waals surface area contributed by atoms with Gasteiger partial charge in [-0.25, -0.2) is 0 Å². The topological polar surface area (TPSA) is 118 Å². The predicted octanol–water partition coefficient (Wildman–Crippen LogP) is 4.12. The van der Waals surface area contributed by atoms with Crippen LogP contribution in [0.1, 0.15) is 48.0 Å². The quantitative estimate of drug-likeness (QED) is 0.274. The van der Waals surface area contributed by atoms with Gasteiger partial charge >= 0.3 is 0 Å². The van der Waals surface area contributed by atoms with Gasteiger partial charge in [-0.2, -0.15) is 0 Å². The molecule has 8 heteroatoms. The molecule has 0 spiro atoms. The summed E-state index contributed by atoms with van der Waals surface area (Å²) >= 11 is 0. The number of nitrogens with one attached hydrogen (secondary N) is 1.